The summed E-state index contributed by atoms with van der Waals surface area (Å²) in [6.07, 6.45) is 3.65. The van der Waals surface area contributed by atoms with Crippen molar-refractivity contribution < 1.29 is 0 Å². The fourth-order valence-electron chi connectivity index (χ4n) is 6.97. The van der Waals surface area contributed by atoms with Gasteiger partial charge in [0.2, 0.25) is 0 Å². The van der Waals surface area contributed by atoms with Crippen LogP contribution >= 0.6 is 0 Å². The SMILES string of the molecule is c1ccc(-c2cc(-c3ccc(-c4cc(-c5ccccc5)nc(-c5ccccc5)n4)cn3)nc(-c3ccc(-c4nc(-c5ccccc5)nc(-c5ccccc5)n4)cn3)c2)cc1. The van der Waals surface area contributed by atoms with Crippen molar-refractivity contribution in [3.8, 4) is 102 Å². The number of aromatic nitrogens is 8. The highest BCUT2D eigenvalue weighted by molar-refractivity contribution is 5.77. The van der Waals surface area contributed by atoms with Gasteiger partial charge in [-0.3, -0.25) is 9.97 Å². The Hall–Kier alpha value is -8.36. The number of hydrogen-bond donors (Lipinski definition) is 0. The highest BCUT2D eigenvalue weighted by Crippen LogP contribution is 2.32. The van der Waals surface area contributed by atoms with E-state index in [-0.39, 0.29) is 0 Å². The normalized spacial score (nSPS) is 11.0. The first-order chi connectivity index (χ1) is 29.7. The van der Waals surface area contributed by atoms with Crippen molar-refractivity contribution in [2.24, 2.45) is 0 Å². The second-order valence-corrected chi connectivity index (χ2v) is 14.1. The molecule has 10 rings (SSSR count). The predicted molar refractivity (Wildman–Crippen MR) is 238 cm³/mol. The molecule has 8 heteroatoms. The van der Waals surface area contributed by atoms with Crippen LogP contribution in [0.3, 0.4) is 0 Å². The monoisotopic (exact) mass is 770 g/mol. The van der Waals surface area contributed by atoms with Gasteiger partial charge in [0, 0.05) is 45.8 Å². The number of hydrogen-bond acceptors (Lipinski definition) is 8. The molecule has 0 atom stereocenters. The average molecular weight is 771 g/mol. The molecule has 282 valence electrons. The van der Waals surface area contributed by atoms with E-state index in [1.54, 1.807) is 6.20 Å². The third-order valence-electron chi connectivity index (χ3n) is 10.1. The van der Waals surface area contributed by atoms with E-state index in [0.29, 0.717) is 34.7 Å². The summed E-state index contributed by atoms with van der Waals surface area (Å²) in [5.41, 5.74) is 12.0. The Bertz CT molecular complexity index is 2730. The Morgan fingerprint density at radius 1 is 0.200 bits per heavy atom. The van der Waals surface area contributed by atoms with E-state index in [9.17, 15) is 0 Å². The fraction of sp³-hybridized carbons (Fsp3) is 0. The van der Waals surface area contributed by atoms with Gasteiger partial charge in [-0.25, -0.2) is 29.9 Å². The van der Waals surface area contributed by atoms with Crippen molar-refractivity contribution in [2.45, 2.75) is 0 Å². The van der Waals surface area contributed by atoms with Gasteiger partial charge in [0.25, 0.3) is 0 Å². The molecule has 0 radical (unpaired) electrons. The van der Waals surface area contributed by atoms with Crippen LogP contribution in [0.25, 0.3) is 102 Å². The van der Waals surface area contributed by atoms with Crippen LogP contribution in [0.4, 0.5) is 0 Å². The molecule has 0 saturated carbocycles. The van der Waals surface area contributed by atoms with Crippen LogP contribution in [0.2, 0.25) is 0 Å². The van der Waals surface area contributed by atoms with Crippen LogP contribution in [0, 0.1) is 0 Å². The molecule has 8 nitrogen and oxygen atoms in total. The second kappa shape index (κ2) is 16.2. The molecule has 0 aliphatic carbocycles. The number of rotatable bonds is 9. The molecule has 0 saturated heterocycles. The maximum atomic E-state index is 5.13. The fourth-order valence-corrected chi connectivity index (χ4v) is 6.97. The lowest BCUT2D eigenvalue weighted by molar-refractivity contribution is 1.07. The molecule has 5 aromatic heterocycles. The minimum atomic E-state index is 0.535. The molecule has 0 aliphatic heterocycles. The molecule has 5 aromatic carbocycles. The summed E-state index contributed by atoms with van der Waals surface area (Å²) in [7, 11) is 0. The van der Waals surface area contributed by atoms with E-state index < -0.39 is 0 Å². The highest BCUT2D eigenvalue weighted by atomic mass is 15.0. The van der Waals surface area contributed by atoms with Crippen molar-refractivity contribution in [1.29, 1.82) is 0 Å². The molecule has 5 heterocycles. The van der Waals surface area contributed by atoms with Crippen molar-refractivity contribution in [3.63, 3.8) is 0 Å². The zero-order valence-corrected chi connectivity index (χ0v) is 32.2. The summed E-state index contributed by atoms with van der Waals surface area (Å²) in [6, 6.07) is 64.5. The molecule has 0 amide bonds. The molecule has 0 unspecified atom stereocenters. The van der Waals surface area contributed by atoms with Crippen molar-refractivity contribution in [1.82, 2.24) is 39.9 Å². The minimum absolute atomic E-state index is 0.535. The number of pyridine rings is 3. The van der Waals surface area contributed by atoms with Crippen molar-refractivity contribution >= 4 is 0 Å². The van der Waals surface area contributed by atoms with Gasteiger partial charge >= 0.3 is 0 Å². The van der Waals surface area contributed by atoms with Gasteiger partial charge in [-0.15, -0.1) is 0 Å². The Kier molecular flexibility index (Phi) is 9.75. The van der Waals surface area contributed by atoms with Crippen LogP contribution in [0.1, 0.15) is 0 Å². The van der Waals surface area contributed by atoms with Crippen LogP contribution in [0.15, 0.2) is 207 Å². The van der Waals surface area contributed by atoms with Gasteiger partial charge in [0.05, 0.1) is 34.2 Å². The molecule has 10 aromatic rings. The topological polar surface area (TPSA) is 103 Å². The first-order valence-corrected chi connectivity index (χ1v) is 19.6. The average Bonchev–Trinajstić information content (AvgIpc) is 3.35. The maximum Gasteiger partial charge on any atom is 0.165 e. The standard InChI is InChI=1S/C52H34N8/c1-6-16-35(17-7-1)42-30-47(43-28-26-40(33-53-43)46-32-45(36-18-8-2-9-19-36)56-49(57-46)37-20-10-3-11-21-37)55-48(31-42)44-29-27-41(34-54-44)52-59-50(38-22-12-4-13-23-38)58-51(60-52)39-24-14-5-15-25-39/h1-34H. The van der Waals surface area contributed by atoms with E-state index in [0.717, 1.165) is 67.3 Å². The predicted octanol–water partition coefficient (Wildman–Crippen LogP) is 11.8. The van der Waals surface area contributed by atoms with Gasteiger partial charge in [0.15, 0.2) is 23.3 Å². The molecule has 0 bridgehead atoms. The van der Waals surface area contributed by atoms with Crippen LogP contribution < -0.4 is 0 Å². The zero-order chi connectivity index (χ0) is 40.1. The summed E-state index contributed by atoms with van der Waals surface area (Å²) in [5.74, 6) is 2.38. The van der Waals surface area contributed by atoms with E-state index in [1.807, 2.05) is 164 Å². The lowest BCUT2D eigenvalue weighted by Crippen LogP contribution is -2.00. The van der Waals surface area contributed by atoms with E-state index in [4.69, 9.17) is 39.9 Å². The van der Waals surface area contributed by atoms with Gasteiger partial charge in [-0.05, 0) is 53.6 Å². The summed E-state index contributed by atoms with van der Waals surface area (Å²) >= 11 is 0. The molecule has 0 spiro atoms. The lowest BCUT2D eigenvalue weighted by atomic mass is 10.0. The van der Waals surface area contributed by atoms with E-state index in [1.165, 1.54) is 0 Å². The third kappa shape index (κ3) is 7.68. The molecule has 0 aliphatic rings. The van der Waals surface area contributed by atoms with Crippen molar-refractivity contribution in [2.75, 3.05) is 0 Å². The van der Waals surface area contributed by atoms with E-state index in [2.05, 4.69) is 36.4 Å². The molecular weight excluding hydrogens is 737 g/mol. The zero-order valence-electron chi connectivity index (χ0n) is 32.2. The van der Waals surface area contributed by atoms with Gasteiger partial charge in [-0.2, -0.15) is 0 Å². The second-order valence-electron chi connectivity index (χ2n) is 14.1. The molecule has 60 heavy (non-hydrogen) atoms. The van der Waals surface area contributed by atoms with E-state index >= 15 is 0 Å². The van der Waals surface area contributed by atoms with Crippen LogP contribution in [0.5, 0.6) is 0 Å². The Morgan fingerprint density at radius 2 is 0.567 bits per heavy atom. The van der Waals surface area contributed by atoms with Crippen LogP contribution in [-0.2, 0) is 0 Å². The van der Waals surface area contributed by atoms with Gasteiger partial charge in [0.1, 0.15) is 0 Å². The van der Waals surface area contributed by atoms with Gasteiger partial charge < -0.3 is 0 Å². The Labute approximate surface area is 347 Å². The number of nitrogens with zero attached hydrogens (tertiary/aromatic N) is 8. The summed E-state index contributed by atoms with van der Waals surface area (Å²) in [4.78, 5) is 39.5. The Balaban J connectivity index is 1.01. The third-order valence-corrected chi connectivity index (χ3v) is 10.1. The summed E-state index contributed by atoms with van der Waals surface area (Å²) < 4.78 is 0. The first kappa shape index (κ1) is 36.0. The van der Waals surface area contributed by atoms with Crippen LogP contribution in [-0.4, -0.2) is 39.9 Å². The lowest BCUT2D eigenvalue weighted by Gasteiger charge is -2.11. The number of benzene rings is 5. The molecular formula is C52H34N8. The largest absolute Gasteiger partial charge is 0.254 e. The van der Waals surface area contributed by atoms with Gasteiger partial charge in [-0.1, -0.05) is 152 Å². The highest BCUT2D eigenvalue weighted by Gasteiger charge is 2.16. The molecule has 0 N–H and O–H groups in total. The quantitative estimate of drug-likeness (QED) is 0.143. The minimum Gasteiger partial charge on any atom is -0.254 e. The maximum absolute atomic E-state index is 5.13. The Morgan fingerprint density at radius 3 is 1.00 bits per heavy atom. The first-order valence-electron chi connectivity index (χ1n) is 19.6. The smallest absolute Gasteiger partial charge is 0.165 e. The molecule has 0 fully saturated rings. The summed E-state index contributed by atoms with van der Waals surface area (Å²) in [5, 5.41) is 0. The summed E-state index contributed by atoms with van der Waals surface area (Å²) in [6.45, 7) is 0. The van der Waals surface area contributed by atoms with Crippen molar-refractivity contribution in [3.05, 3.63) is 207 Å².